The number of nitrogens with one attached hydrogen (secondary N) is 2. The van der Waals surface area contributed by atoms with E-state index >= 15 is 0 Å². The van der Waals surface area contributed by atoms with Crippen molar-refractivity contribution >= 4 is 17.5 Å². The smallest absolute Gasteiger partial charge is 0.406 e. The number of pyridine rings is 1. The van der Waals surface area contributed by atoms with E-state index in [0.29, 0.717) is 11.1 Å². The number of carbonyl (C=O) groups excluding carboxylic acids is 1. The SMILES string of the molecule is CNC(=O)N1CCc2c(c(Nc3cccn(C)c3=O)nn(-c3ccc(OC(F)(F)F)cc3)c2=O)C1. The maximum atomic E-state index is 13.3. The first-order valence-electron chi connectivity index (χ1n) is 10.5. The van der Waals surface area contributed by atoms with Gasteiger partial charge >= 0.3 is 12.4 Å². The van der Waals surface area contributed by atoms with Crippen LogP contribution in [-0.4, -0.2) is 45.2 Å². The van der Waals surface area contributed by atoms with Gasteiger partial charge in [0, 0.05) is 38.0 Å². The first-order chi connectivity index (χ1) is 16.6. The molecule has 10 nitrogen and oxygen atoms in total. The van der Waals surface area contributed by atoms with E-state index in [0.717, 1.165) is 16.8 Å². The minimum absolute atomic E-state index is 0.0753. The van der Waals surface area contributed by atoms with Crippen molar-refractivity contribution < 1.29 is 22.7 Å². The fourth-order valence-corrected chi connectivity index (χ4v) is 3.77. The van der Waals surface area contributed by atoms with Gasteiger partial charge in [-0.3, -0.25) is 9.59 Å². The Kier molecular flexibility index (Phi) is 6.24. The maximum Gasteiger partial charge on any atom is 0.573 e. The topological polar surface area (TPSA) is 110 Å². The van der Waals surface area contributed by atoms with Crippen molar-refractivity contribution in [1.29, 1.82) is 0 Å². The van der Waals surface area contributed by atoms with Gasteiger partial charge in [-0.05, 0) is 42.8 Å². The van der Waals surface area contributed by atoms with Crippen LogP contribution < -0.4 is 26.5 Å². The van der Waals surface area contributed by atoms with E-state index in [2.05, 4.69) is 20.5 Å². The number of fused-ring (bicyclic) bond motifs is 1. The molecule has 1 aliphatic rings. The van der Waals surface area contributed by atoms with E-state index in [1.54, 1.807) is 25.4 Å². The third-order valence-electron chi connectivity index (χ3n) is 5.47. The quantitative estimate of drug-likeness (QED) is 0.581. The van der Waals surface area contributed by atoms with Gasteiger partial charge in [-0.15, -0.1) is 18.3 Å². The van der Waals surface area contributed by atoms with E-state index in [1.807, 2.05) is 0 Å². The standard InChI is InChI=1S/C22H21F3N6O4/c1-26-21(34)30-11-9-15-16(12-30)18(27-17-4-3-10-29(2)20(17)33)28-31(19(15)32)13-5-7-14(8-6-13)35-22(23,24)25/h3-8,10H,9,11-12H2,1-2H3,(H,26,34)(H,27,28). The Labute approximate surface area is 196 Å². The van der Waals surface area contributed by atoms with Crippen LogP contribution in [0, 0.1) is 0 Å². The Morgan fingerprint density at radius 2 is 1.80 bits per heavy atom. The van der Waals surface area contributed by atoms with Crippen LogP contribution in [0.4, 0.5) is 29.5 Å². The van der Waals surface area contributed by atoms with Crippen LogP contribution in [0.25, 0.3) is 5.69 Å². The summed E-state index contributed by atoms with van der Waals surface area (Å²) >= 11 is 0. The molecule has 184 valence electrons. The summed E-state index contributed by atoms with van der Waals surface area (Å²) in [5.41, 5.74) is 0.405. The van der Waals surface area contributed by atoms with Crippen LogP contribution in [0.1, 0.15) is 11.1 Å². The minimum Gasteiger partial charge on any atom is -0.406 e. The summed E-state index contributed by atoms with van der Waals surface area (Å²) in [5.74, 6) is -0.272. The number of halogens is 3. The maximum absolute atomic E-state index is 13.3. The van der Waals surface area contributed by atoms with Crippen LogP contribution in [0.3, 0.4) is 0 Å². The number of hydrogen-bond acceptors (Lipinski definition) is 6. The highest BCUT2D eigenvalue weighted by Gasteiger charge is 2.31. The minimum atomic E-state index is -4.85. The zero-order valence-corrected chi connectivity index (χ0v) is 18.7. The van der Waals surface area contributed by atoms with Crippen LogP contribution in [0.15, 0.2) is 52.2 Å². The number of urea groups is 1. The van der Waals surface area contributed by atoms with Gasteiger partial charge in [0.1, 0.15) is 11.4 Å². The summed E-state index contributed by atoms with van der Waals surface area (Å²) in [6.45, 7) is 0.350. The fraction of sp³-hybridized carbons (Fsp3) is 0.273. The second-order valence-electron chi connectivity index (χ2n) is 7.75. The molecule has 4 rings (SSSR count). The molecule has 0 saturated heterocycles. The summed E-state index contributed by atoms with van der Waals surface area (Å²) < 4.78 is 43.8. The number of rotatable bonds is 4. The van der Waals surface area contributed by atoms with E-state index < -0.39 is 17.7 Å². The van der Waals surface area contributed by atoms with Crippen LogP contribution in [-0.2, 0) is 20.0 Å². The van der Waals surface area contributed by atoms with Crippen molar-refractivity contribution in [2.45, 2.75) is 19.3 Å². The molecule has 0 radical (unpaired) electrons. The number of anilines is 2. The van der Waals surface area contributed by atoms with E-state index in [-0.39, 0.29) is 48.3 Å². The molecule has 0 atom stereocenters. The molecule has 0 bridgehead atoms. The summed E-state index contributed by atoms with van der Waals surface area (Å²) in [5, 5.41) is 9.87. The lowest BCUT2D eigenvalue weighted by molar-refractivity contribution is -0.274. The number of carbonyl (C=O) groups is 1. The number of ether oxygens (including phenoxy) is 1. The Morgan fingerprint density at radius 1 is 1.09 bits per heavy atom. The van der Waals surface area contributed by atoms with Gasteiger partial charge in [0.05, 0.1) is 12.2 Å². The van der Waals surface area contributed by atoms with Gasteiger partial charge < -0.3 is 24.8 Å². The average Bonchev–Trinajstić information content (AvgIpc) is 2.82. The van der Waals surface area contributed by atoms with Crippen LogP contribution >= 0.6 is 0 Å². The highest BCUT2D eigenvalue weighted by atomic mass is 19.4. The lowest BCUT2D eigenvalue weighted by Gasteiger charge is -2.29. The third-order valence-corrected chi connectivity index (χ3v) is 5.47. The highest BCUT2D eigenvalue weighted by Crippen LogP contribution is 2.27. The summed E-state index contributed by atoms with van der Waals surface area (Å²) in [7, 11) is 3.07. The number of hydrogen-bond donors (Lipinski definition) is 2. The number of benzene rings is 1. The van der Waals surface area contributed by atoms with Gasteiger partial charge in [0.15, 0.2) is 5.82 Å². The molecule has 2 aromatic heterocycles. The molecule has 13 heteroatoms. The van der Waals surface area contributed by atoms with Crippen molar-refractivity contribution in [3.05, 3.63) is 74.4 Å². The molecule has 2 N–H and O–H groups in total. The molecular formula is C22H21F3N6O4. The van der Waals surface area contributed by atoms with Crippen LogP contribution in [0.2, 0.25) is 0 Å². The summed E-state index contributed by atoms with van der Waals surface area (Å²) in [6.07, 6.45) is -3.05. The van der Waals surface area contributed by atoms with Crippen molar-refractivity contribution in [1.82, 2.24) is 24.6 Å². The molecule has 0 unspecified atom stereocenters. The van der Waals surface area contributed by atoms with Crippen molar-refractivity contribution in [2.24, 2.45) is 7.05 Å². The molecule has 3 aromatic rings. The second kappa shape index (κ2) is 9.16. The van der Waals surface area contributed by atoms with Gasteiger partial charge in [0.2, 0.25) is 0 Å². The predicted octanol–water partition coefficient (Wildman–Crippen LogP) is 2.27. The normalized spacial score (nSPS) is 13.2. The molecule has 1 aliphatic heterocycles. The van der Waals surface area contributed by atoms with E-state index in [4.69, 9.17) is 0 Å². The second-order valence-corrected chi connectivity index (χ2v) is 7.75. The zero-order chi connectivity index (χ0) is 25.3. The van der Waals surface area contributed by atoms with Gasteiger partial charge in [-0.2, -0.15) is 4.68 Å². The molecule has 1 aromatic carbocycles. The summed E-state index contributed by atoms with van der Waals surface area (Å²) in [6, 6.07) is 7.56. The predicted molar refractivity (Wildman–Crippen MR) is 120 cm³/mol. The number of aryl methyl sites for hydroxylation is 1. The molecular weight excluding hydrogens is 469 g/mol. The number of nitrogens with zero attached hydrogens (tertiary/aromatic N) is 4. The number of alkyl halides is 3. The average molecular weight is 490 g/mol. The lowest BCUT2D eigenvalue weighted by atomic mass is 10.0. The largest absolute Gasteiger partial charge is 0.573 e. The van der Waals surface area contributed by atoms with Crippen molar-refractivity contribution in [2.75, 3.05) is 18.9 Å². The monoisotopic (exact) mass is 490 g/mol. The number of amides is 2. The van der Waals surface area contributed by atoms with Crippen molar-refractivity contribution in [3.63, 3.8) is 0 Å². The third kappa shape index (κ3) is 4.98. The molecule has 3 heterocycles. The molecule has 35 heavy (non-hydrogen) atoms. The zero-order valence-electron chi connectivity index (χ0n) is 18.7. The fourth-order valence-electron chi connectivity index (χ4n) is 3.77. The molecule has 0 fully saturated rings. The van der Waals surface area contributed by atoms with Gasteiger partial charge in [-0.1, -0.05) is 0 Å². The Bertz CT molecular complexity index is 1380. The summed E-state index contributed by atoms with van der Waals surface area (Å²) in [4.78, 5) is 39.5. The molecule has 0 saturated carbocycles. The highest BCUT2D eigenvalue weighted by molar-refractivity contribution is 5.75. The number of aromatic nitrogens is 3. The Balaban J connectivity index is 1.81. The van der Waals surface area contributed by atoms with E-state index in [9.17, 15) is 27.6 Å². The molecule has 2 amide bonds. The van der Waals surface area contributed by atoms with Crippen molar-refractivity contribution in [3.8, 4) is 11.4 Å². The molecule has 0 aliphatic carbocycles. The van der Waals surface area contributed by atoms with Gasteiger partial charge in [0.25, 0.3) is 11.1 Å². The van der Waals surface area contributed by atoms with Crippen LogP contribution in [0.5, 0.6) is 5.75 Å². The van der Waals surface area contributed by atoms with E-state index in [1.165, 1.54) is 28.6 Å². The first kappa shape index (κ1) is 23.9. The molecule has 0 spiro atoms. The Morgan fingerprint density at radius 3 is 2.46 bits per heavy atom. The first-order valence-corrected chi connectivity index (χ1v) is 10.5. The lowest BCUT2D eigenvalue weighted by Crippen LogP contribution is -2.44. The van der Waals surface area contributed by atoms with Gasteiger partial charge in [-0.25, -0.2) is 4.79 Å². The Hall–Kier alpha value is -4.29.